The minimum Gasteiger partial charge on any atom is -0.376 e. The molecule has 0 amide bonds. The summed E-state index contributed by atoms with van der Waals surface area (Å²) in [5, 5.41) is 20.0. The Balaban J connectivity index is 1.76. The first kappa shape index (κ1) is 23.5. The lowest BCUT2D eigenvalue weighted by atomic mass is 10.1. The normalized spacial score (nSPS) is 16.0. The molecule has 168 valence electrons. The van der Waals surface area contributed by atoms with Gasteiger partial charge >= 0.3 is 0 Å². The summed E-state index contributed by atoms with van der Waals surface area (Å²) in [4.78, 5) is 14.3. The number of likely N-dealkylation sites (tertiary alicyclic amines) is 1. The predicted octanol–water partition coefficient (Wildman–Crippen LogP) is 3.69. The molecule has 2 aromatic carbocycles. The van der Waals surface area contributed by atoms with Crippen LogP contribution in [-0.2, 0) is 10.0 Å². The van der Waals surface area contributed by atoms with E-state index in [1.807, 2.05) is 30.3 Å². The van der Waals surface area contributed by atoms with Crippen LogP contribution in [0.15, 0.2) is 58.3 Å². The Morgan fingerprint density at radius 1 is 1.13 bits per heavy atom. The molecule has 1 saturated heterocycles. The summed E-state index contributed by atoms with van der Waals surface area (Å²) in [6, 6.07) is 13.7. The van der Waals surface area contributed by atoms with Crippen molar-refractivity contribution in [3.63, 3.8) is 0 Å². The van der Waals surface area contributed by atoms with Gasteiger partial charge in [-0.15, -0.1) is 11.8 Å². The van der Waals surface area contributed by atoms with Crippen molar-refractivity contribution in [2.45, 2.75) is 41.5 Å². The Bertz CT molecular complexity index is 980. The number of primary sulfonamides is 1. The Kier molecular flexibility index (Phi) is 8.30. The van der Waals surface area contributed by atoms with Crippen molar-refractivity contribution in [3.8, 4) is 0 Å². The molecule has 8 nitrogen and oxygen atoms in total. The molecule has 1 atom stereocenters. The van der Waals surface area contributed by atoms with Crippen molar-refractivity contribution < 1.29 is 13.3 Å². The first-order chi connectivity index (χ1) is 14.8. The number of nitro groups is 1. The molecule has 0 radical (unpaired) electrons. The summed E-state index contributed by atoms with van der Waals surface area (Å²) >= 11 is 1.69. The number of benzene rings is 2. The maximum Gasteiger partial charge on any atom is 0.293 e. The molecule has 3 N–H and O–H groups in total. The van der Waals surface area contributed by atoms with Gasteiger partial charge in [0.25, 0.3) is 5.69 Å². The van der Waals surface area contributed by atoms with E-state index in [9.17, 15) is 18.5 Å². The summed E-state index contributed by atoms with van der Waals surface area (Å²) in [5.41, 5.74) is 0.00825. The van der Waals surface area contributed by atoms with E-state index in [1.165, 1.54) is 31.4 Å². The van der Waals surface area contributed by atoms with E-state index in [1.54, 1.807) is 11.8 Å². The lowest BCUT2D eigenvalue weighted by Gasteiger charge is -2.29. The number of nitro benzene ring substituents is 1. The van der Waals surface area contributed by atoms with Crippen LogP contribution in [0.2, 0.25) is 0 Å². The molecule has 10 heteroatoms. The molecule has 2 aromatic rings. The maximum absolute atomic E-state index is 11.6. The van der Waals surface area contributed by atoms with Gasteiger partial charge in [-0.25, -0.2) is 13.6 Å². The average Bonchev–Trinajstić information content (AvgIpc) is 2.76. The Hall–Kier alpha value is -2.14. The molecule has 0 unspecified atom stereocenters. The summed E-state index contributed by atoms with van der Waals surface area (Å²) in [7, 11) is -4.02. The highest BCUT2D eigenvalue weighted by atomic mass is 32.2. The summed E-state index contributed by atoms with van der Waals surface area (Å²) in [5.74, 6) is 0.728. The van der Waals surface area contributed by atoms with Gasteiger partial charge in [0, 0.05) is 29.3 Å². The fraction of sp³-hybridized carbons (Fsp3) is 0.429. The topological polar surface area (TPSA) is 119 Å². The number of piperidine rings is 1. The van der Waals surface area contributed by atoms with Gasteiger partial charge in [-0.3, -0.25) is 10.1 Å². The number of nitrogens with one attached hydrogen (secondary N) is 1. The second kappa shape index (κ2) is 10.9. The predicted molar refractivity (Wildman–Crippen MR) is 124 cm³/mol. The maximum atomic E-state index is 11.6. The van der Waals surface area contributed by atoms with E-state index < -0.39 is 14.9 Å². The summed E-state index contributed by atoms with van der Waals surface area (Å²) in [6.07, 6.45) is 4.51. The third kappa shape index (κ3) is 7.20. The van der Waals surface area contributed by atoms with Crippen molar-refractivity contribution in [2.24, 2.45) is 5.14 Å². The number of nitrogens with zero attached hydrogens (tertiary/aromatic N) is 2. The van der Waals surface area contributed by atoms with Crippen molar-refractivity contribution >= 4 is 33.2 Å². The van der Waals surface area contributed by atoms with E-state index >= 15 is 0 Å². The summed E-state index contributed by atoms with van der Waals surface area (Å²) < 4.78 is 23.2. The number of rotatable bonds is 10. The zero-order chi connectivity index (χ0) is 22.3. The van der Waals surface area contributed by atoms with Gasteiger partial charge in [-0.2, -0.15) is 0 Å². The van der Waals surface area contributed by atoms with Gasteiger partial charge < -0.3 is 10.2 Å². The van der Waals surface area contributed by atoms with E-state index in [4.69, 9.17) is 5.14 Å². The quantitative estimate of drug-likeness (QED) is 0.313. The molecule has 0 spiro atoms. The summed E-state index contributed by atoms with van der Waals surface area (Å²) in [6.45, 7) is 3.08. The lowest BCUT2D eigenvalue weighted by Crippen LogP contribution is -2.34. The fourth-order valence-corrected chi connectivity index (χ4v) is 5.14. The van der Waals surface area contributed by atoms with Crippen LogP contribution in [0.1, 0.15) is 25.7 Å². The van der Waals surface area contributed by atoms with Crippen molar-refractivity contribution in [1.82, 2.24) is 4.90 Å². The standard InChI is InChI=1S/C21H28N4O4S2/c22-31(28,29)19-9-10-20(21(15-19)25(26)27)23-17(11-14-24-12-5-2-6-13-24)16-30-18-7-3-1-4-8-18/h1,3-4,7-10,15,17,23H,2,5-6,11-14,16H2,(H2,22,28,29)/t17-/m0/s1. The molecule has 3 rings (SSSR count). The van der Waals surface area contributed by atoms with Crippen LogP contribution in [0.4, 0.5) is 11.4 Å². The third-order valence-electron chi connectivity index (χ3n) is 5.29. The SMILES string of the molecule is NS(=O)(=O)c1ccc(N[C@@H](CCN2CCCCC2)CSc2ccccc2)c([N+](=O)[O-])c1. The van der Waals surface area contributed by atoms with E-state index in [2.05, 4.69) is 10.2 Å². The zero-order valence-electron chi connectivity index (χ0n) is 17.3. The molecule has 1 heterocycles. The Labute approximate surface area is 187 Å². The molecule has 31 heavy (non-hydrogen) atoms. The van der Waals surface area contributed by atoms with Crippen LogP contribution < -0.4 is 10.5 Å². The second-order valence-electron chi connectivity index (χ2n) is 7.64. The third-order valence-corrected chi connectivity index (χ3v) is 7.38. The van der Waals surface area contributed by atoms with Crippen molar-refractivity contribution in [3.05, 3.63) is 58.6 Å². The highest BCUT2D eigenvalue weighted by molar-refractivity contribution is 7.99. The first-order valence-corrected chi connectivity index (χ1v) is 12.8. The molecule has 1 fully saturated rings. The Morgan fingerprint density at radius 2 is 1.84 bits per heavy atom. The van der Waals surface area contributed by atoms with E-state index in [0.29, 0.717) is 5.69 Å². The Morgan fingerprint density at radius 3 is 2.48 bits per heavy atom. The van der Waals surface area contributed by atoms with Crippen LogP contribution in [0.3, 0.4) is 0 Å². The minimum atomic E-state index is -4.02. The highest BCUT2D eigenvalue weighted by Crippen LogP contribution is 2.29. The van der Waals surface area contributed by atoms with E-state index in [0.717, 1.165) is 42.8 Å². The molecule has 1 aliphatic heterocycles. The van der Waals surface area contributed by atoms with Gasteiger partial charge in [0.2, 0.25) is 10.0 Å². The number of hydrogen-bond donors (Lipinski definition) is 2. The number of hydrogen-bond acceptors (Lipinski definition) is 7. The fourth-order valence-electron chi connectivity index (χ4n) is 3.61. The number of thioether (sulfide) groups is 1. The second-order valence-corrected chi connectivity index (χ2v) is 10.3. The van der Waals surface area contributed by atoms with Crippen LogP contribution in [0.25, 0.3) is 0 Å². The van der Waals surface area contributed by atoms with Crippen LogP contribution in [0.5, 0.6) is 0 Å². The van der Waals surface area contributed by atoms with Gasteiger partial charge in [0.1, 0.15) is 5.69 Å². The minimum absolute atomic E-state index is 0.0221. The molecule has 0 aliphatic carbocycles. The molecule has 0 aromatic heterocycles. The van der Waals surface area contributed by atoms with Gasteiger partial charge in [-0.1, -0.05) is 24.6 Å². The van der Waals surface area contributed by atoms with E-state index in [-0.39, 0.29) is 16.6 Å². The smallest absolute Gasteiger partial charge is 0.293 e. The molecular weight excluding hydrogens is 436 g/mol. The zero-order valence-corrected chi connectivity index (χ0v) is 18.9. The largest absolute Gasteiger partial charge is 0.376 e. The van der Waals surface area contributed by atoms with Gasteiger partial charge in [-0.05, 0) is 56.6 Å². The monoisotopic (exact) mass is 464 g/mol. The van der Waals surface area contributed by atoms with Crippen LogP contribution >= 0.6 is 11.8 Å². The number of anilines is 1. The van der Waals surface area contributed by atoms with Crippen LogP contribution in [-0.4, -0.2) is 49.7 Å². The van der Waals surface area contributed by atoms with Crippen molar-refractivity contribution in [2.75, 3.05) is 30.7 Å². The number of sulfonamides is 1. The highest BCUT2D eigenvalue weighted by Gasteiger charge is 2.22. The van der Waals surface area contributed by atoms with Gasteiger partial charge in [0.05, 0.1) is 9.82 Å². The molecule has 0 saturated carbocycles. The molecule has 0 bridgehead atoms. The van der Waals surface area contributed by atoms with Gasteiger partial charge in [0.15, 0.2) is 0 Å². The molecule has 1 aliphatic rings. The molecular formula is C21H28N4O4S2. The average molecular weight is 465 g/mol. The van der Waals surface area contributed by atoms with Crippen molar-refractivity contribution in [1.29, 1.82) is 0 Å². The number of nitrogens with two attached hydrogens (primary N) is 1. The first-order valence-electron chi connectivity index (χ1n) is 10.3. The lowest BCUT2D eigenvalue weighted by molar-refractivity contribution is -0.384. The van der Waals surface area contributed by atoms with Crippen LogP contribution in [0, 0.1) is 10.1 Å².